The van der Waals surface area contributed by atoms with Crippen molar-refractivity contribution in [2.45, 2.75) is 46.1 Å². The second-order valence-corrected chi connectivity index (χ2v) is 4.76. The van der Waals surface area contributed by atoms with E-state index in [-0.39, 0.29) is 11.9 Å². The van der Waals surface area contributed by atoms with E-state index in [1.165, 1.54) is 0 Å². The number of carbonyl (C=O) groups is 2. The summed E-state index contributed by atoms with van der Waals surface area (Å²) in [6.45, 7) is 7.50. The standard InChI is InChI=1S/C12H22N2O2/c1-4-10(3)13-11(15)12(16)14-7-5-9(2)6-8-14/h9-10H,4-8H2,1-3H3,(H,13,15). The van der Waals surface area contributed by atoms with Crippen LogP contribution in [0.2, 0.25) is 0 Å². The Bertz CT molecular complexity index is 258. The molecule has 1 rings (SSSR count). The van der Waals surface area contributed by atoms with Gasteiger partial charge in [-0.15, -0.1) is 0 Å². The molecule has 0 aromatic carbocycles. The molecule has 16 heavy (non-hydrogen) atoms. The molecule has 0 saturated carbocycles. The maximum Gasteiger partial charge on any atom is 0.311 e. The van der Waals surface area contributed by atoms with Gasteiger partial charge in [0.25, 0.3) is 0 Å². The number of amides is 2. The number of likely N-dealkylation sites (tertiary alicyclic amines) is 1. The maximum absolute atomic E-state index is 11.8. The van der Waals surface area contributed by atoms with Crippen molar-refractivity contribution in [1.29, 1.82) is 0 Å². The molecule has 0 aromatic heterocycles. The maximum atomic E-state index is 11.8. The van der Waals surface area contributed by atoms with Crippen LogP contribution in [0, 0.1) is 5.92 Å². The van der Waals surface area contributed by atoms with Gasteiger partial charge in [0.2, 0.25) is 0 Å². The van der Waals surface area contributed by atoms with Gasteiger partial charge in [-0.3, -0.25) is 9.59 Å². The summed E-state index contributed by atoms with van der Waals surface area (Å²) in [7, 11) is 0. The average Bonchev–Trinajstić information content (AvgIpc) is 2.28. The molecule has 4 heteroatoms. The molecule has 1 fully saturated rings. The number of hydrogen-bond acceptors (Lipinski definition) is 2. The molecular formula is C12H22N2O2. The molecular weight excluding hydrogens is 204 g/mol. The van der Waals surface area contributed by atoms with Gasteiger partial charge in [0, 0.05) is 19.1 Å². The lowest BCUT2D eigenvalue weighted by Crippen LogP contribution is -2.48. The fourth-order valence-corrected chi connectivity index (χ4v) is 1.74. The molecule has 0 aromatic rings. The molecule has 0 bridgehead atoms. The van der Waals surface area contributed by atoms with E-state index in [2.05, 4.69) is 12.2 Å². The molecule has 2 amide bonds. The first-order valence-electron chi connectivity index (χ1n) is 6.14. The van der Waals surface area contributed by atoms with Crippen molar-refractivity contribution in [2.75, 3.05) is 13.1 Å². The number of rotatable bonds is 2. The van der Waals surface area contributed by atoms with E-state index in [9.17, 15) is 9.59 Å². The normalized spacial score (nSPS) is 19.3. The molecule has 0 aliphatic carbocycles. The minimum Gasteiger partial charge on any atom is -0.345 e. The SMILES string of the molecule is CCC(C)NC(=O)C(=O)N1CCC(C)CC1. The Kier molecular flexibility index (Phi) is 4.77. The fraction of sp³-hybridized carbons (Fsp3) is 0.833. The fourth-order valence-electron chi connectivity index (χ4n) is 1.74. The van der Waals surface area contributed by atoms with E-state index >= 15 is 0 Å². The lowest BCUT2D eigenvalue weighted by Gasteiger charge is -2.30. The first-order valence-corrected chi connectivity index (χ1v) is 6.14. The molecule has 4 nitrogen and oxygen atoms in total. The van der Waals surface area contributed by atoms with Crippen LogP contribution in [0.25, 0.3) is 0 Å². The second-order valence-electron chi connectivity index (χ2n) is 4.76. The number of nitrogens with zero attached hydrogens (tertiary/aromatic N) is 1. The van der Waals surface area contributed by atoms with Gasteiger partial charge in [-0.05, 0) is 32.1 Å². The summed E-state index contributed by atoms with van der Waals surface area (Å²) in [6.07, 6.45) is 2.85. The molecule has 1 heterocycles. The van der Waals surface area contributed by atoms with Gasteiger partial charge >= 0.3 is 11.8 Å². The predicted octanol–water partition coefficient (Wildman–Crippen LogP) is 1.16. The number of carbonyl (C=O) groups excluding carboxylic acids is 2. The largest absolute Gasteiger partial charge is 0.345 e. The lowest BCUT2D eigenvalue weighted by atomic mass is 9.99. The zero-order chi connectivity index (χ0) is 12.1. The monoisotopic (exact) mass is 226 g/mol. The minimum absolute atomic E-state index is 0.0696. The average molecular weight is 226 g/mol. The number of hydrogen-bond donors (Lipinski definition) is 1. The Morgan fingerprint density at radius 2 is 1.94 bits per heavy atom. The zero-order valence-corrected chi connectivity index (χ0v) is 10.5. The summed E-state index contributed by atoms with van der Waals surface area (Å²) in [5, 5.41) is 2.71. The van der Waals surface area contributed by atoms with Gasteiger partial charge in [0.15, 0.2) is 0 Å². The van der Waals surface area contributed by atoms with Crippen molar-refractivity contribution in [3.05, 3.63) is 0 Å². The van der Waals surface area contributed by atoms with Crippen LogP contribution in [0.15, 0.2) is 0 Å². The molecule has 1 saturated heterocycles. The van der Waals surface area contributed by atoms with Crippen LogP contribution in [0.1, 0.15) is 40.0 Å². The Morgan fingerprint density at radius 1 is 1.38 bits per heavy atom. The van der Waals surface area contributed by atoms with E-state index in [1.807, 2.05) is 13.8 Å². The summed E-state index contributed by atoms with van der Waals surface area (Å²) in [6, 6.07) is 0.0696. The third-order valence-electron chi connectivity index (χ3n) is 3.25. The van der Waals surface area contributed by atoms with Gasteiger partial charge in [0.1, 0.15) is 0 Å². The summed E-state index contributed by atoms with van der Waals surface area (Å²) >= 11 is 0. The van der Waals surface area contributed by atoms with Crippen LogP contribution in [-0.2, 0) is 9.59 Å². The molecule has 1 N–H and O–H groups in total. The number of nitrogens with one attached hydrogen (secondary N) is 1. The van der Waals surface area contributed by atoms with Gasteiger partial charge < -0.3 is 10.2 Å². The quantitative estimate of drug-likeness (QED) is 0.718. The summed E-state index contributed by atoms with van der Waals surface area (Å²) < 4.78 is 0. The molecule has 0 radical (unpaired) electrons. The van der Waals surface area contributed by atoms with Crippen molar-refractivity contribution < 1.29 is 9.59 Å². The van der Waals surface area contributed by atoms with Gasteiger partial charge in [-0.2, -0.15) is 0 Å². The van der Waals surface area contributed by atoms with E-state index in [1.54, 1.807) is 4.90 Å². The second kappa shape index (κ2) is 5.87. The summed E-state index contributed by atoms with van der Waals surface area (Å²) in [5.74, 6) is -0.155. The van der Waals surface area contributed by atoms with E-state index < -0.39 is 5.91 Å². The first kappa shape index (κ1) is 13.0. The predicted molar refractivity (Wildman–Crippen MR) is 62.9 cm³/mol. The van der Waals surface area contributed by atoms with Crippen LogP contribution < -0.4 is 5.32 Å². The van der Waals surface area contributed by atoms with Crippen LogP contribution in [-0.4, -0.2) is 35.8 Å². The Labute approximate surface area is 97.4 Å². The van der Waals surface area contributed by atoms with Crippen molar-refractivity contribution in [1.82, 2.24) is 10.2 Å². The van der Waals surface area contributed by atoms with Crippen molar-refractivity contribution >= 4 is 11.8 Å². The van der Waals surface area contributed by atoms with Crippen molar-refractivity contribution in [3.63, 3.8) is 0 Å². The van der Waals surface area contributed by atoms with Gasteiger partial charge in [-0.25, -0.2) is 0 Å². The molecule has 1 aliphatic rings. The van der Waals surface area contributed by atoms with E-state index in [0.29, 0.717) is 19.0 Å². The zero-order valence-electron chi connectivity index (χ0n) is 10.5. The minimum atomic E-state index is -0.455. The Morgan fingerprint density at radius 3 is 2.44 bits per heavy atom. The Hall–Kier alpha value is -1.06. The molecule has 1 aliphatic heterocycles. The van der Waals surface area contributed by atoms with E-state index in [0.717, 1.165) is 19.3 Å². The highest BCUT2D eigenvalue weighted by atomic mass is 16.2. The van der Waals surface area contributed by atoms with Crippen LogP contribution in [0.5, 0.6) is 0 Å². The molecule has 92 valence electrons. The molecule has 1 atom stereocenters. The number of piperidine rings is 1. The highest BCUT2D eigenvalue weighted by Crippen LogP contribution is 2.15. The van der Waals surface area contributed by atoms with Crippen LogP contribution in [0.3, 0.4) is 0 Å². The highest BCUT2D eigenvalue weighted by molar-refractivity contribution is 6.35. The molecule has 0 spiro atoms. The van der Waals surface area contributed by atoms with Crippen LogP contribution in [0.4, 0.5) is 0 Å². The topological polar surface area (TPSA) is 49.4 Å². The third kappa shape index (κ3) is 3.51. The third-order valence-corrected chi connectivity index (χ3v) is 3.25. The molecule has 1 unspecified atom stereocenters. The summed E-state index contributed by atoms with van der Waals surface area (Å²) in [5.41, 5.74) is 0. The smallest absolute Gasteiger partial charge is 0.311 e. The van der Waals surface area contributed by atoms with Gasteiger partial charge in [0.05, 0.1) is 0 Å². The Balaban J connectivity index is 2.42. The van der Waals surface area contributed by atoms with E-state index in [4.69, 9.17) is 0 Å². The lowest BCUT2D eigenvalue weighted by molar-refractivity contribution is -0.147. The highest BCUT2D eigenvalue weighted by Gasteiger charge is 2.25. The van der Waals surface area contributed by atoms with Crippen molar-refractivity contribution in [2.24, 2.45) is 5.92 Å². The first-order chi connectivity index (χ1) is 7.54. The van der Waals surface area contributed by atoms with Crippen molar-refractivity contribution in [3.8, 4) is 0 Å². The van der Waals surface area contributed by atoms with Crippen LogP contribution >= 0.6 is 0 Å². The summed E-state index contributed by atoms with van der Waals surface area (Å²) in [4.78, 5) is 25.0. The van der Waals surface area contributed by atoms with Gasteiger partial charge in [-0.1, -0.05) is 13.8 Å².